The molecule has 0 aliphatic carbocycles. The quantitative estimate of drug-likeness (QED) is 0.868. The van der Waals surface area contributed by atoms with E-state index >= 15 is 0 Å². The molecule has 0 aliphatic heterocycles. The first-order valence-electron chi connectivity index (χ1n) is 5.20. The van der Waals surface area contributed by atoms with Crippen molar-refractivity contribution in [3.05, 3.63) is 68.5 Å². The predicted octanol–water partition coefficient (Wildman–Crippen LogP) is 1.14. The standard InChI is InChI=1S/C12H10N2O3S/c15-10-9(6-13-12(17)14-10)7-18-11(16)8-4-2-1-3-5-8/h1-6H,7H2,(H2,13,14,15,17). The van der Waals surface area contributed by atoms with E-state index in [-0.39, 0.29) is 10.9 Å². The number of aromatic nitrogens is 2. The number of rotatable bonds is 3. The minimum absolute atomic E-state index is 0.110. The van der Waals surface area contributed by atoms with Crippen molar-refractivity contribution in [1.29, 1.82) is 0 Å². The molecule has 0 amide bonds. The fourth-order valence-corrected chi connectivity index (χ4v) is 2.15. The highest BCUT2D eigenvalue weighted by atomic mass is 32.2. The van der Waals surface area contributed by atoms with Gasteiger partial charge in [-0.2, -0.15) is 0 Å². The van der Waals surface area contributed by atoms with E-state index < -0.39 is 11.2 Å². The summed E-state index contributed by atoms with van der Waals surface area (Å²) in [5, 5.41) is -0.110. The molecule has 0 atom stereocenters. The van der Waals surface area contributed by atoms with Crippen molar-refractivity contribution in [2.75, 3.05) is 0 Å². The van der Waals surface area contributed by atoms with Gasteiger partial charge in [0, 0.05) is 23.1 Å². The first-order chi connectivity index (χ1) is 8.66. The lowest BCUT2D eigenvalue weighted by Crippen LogP contribution is -2.24. The van der Waals surface area contributed by atoms with Gasteiger partial charge in [-0.1, -0.05) is 42.1 Å². The Bertz CT molecular complexity index is 661. The maximum absolute atomic E-state index is 11.8. The summed E-state index contributed by atoms with van der Waals surface area (Å²) in [6, 6.07) is 8.81. The Balaban J connectivity index is 2.06. The second kappa shape index (κ2) is 5.50. The molecule has 0 saturated heterocycles. The van der Waals surface area contributed by atoms with Crippen molar-refractivity contribution in [3.63, 3.8) is 0 Å². The van der Waals surface area contributed by atoms with Crippen LogP contribution in [-0.2, 0) is 5.75 Å². The van der Waals surface area contributed by atoms with Gasteiger partial charge in [-0.05, 0) is 0 Å². The number of benzene rings is 1. The first kappa shape index (κ1) is 12.4. The zero-order valence-corrected chi connectivity index (χ0v) is 10.1. The number of aromatic amines is 2. The Hall–Kier alpha value is -2.08. The second-order valence-corrected chi connectivity index (χ2v) is 4.49. The van der Waals surface area contributed by atoms with Crippen LogP contribution >= 0.6 is 11.8 Å². The zero-order valence-electron chi connectivity index (χ0n) is 9.30. The summed E-state index contributed by atoms with van der Waals surface area (Å²) >= 11 is 1.02. The third kappa shape index (κ3) is 2.98. The van der Waals surface area contributed by atoms with Crippen LogP contribution in [-0.4, -0.2) is 15.1 Å². The number of hydrogen-bond donors (Lipinski definition) is 2. The molecule has 0 bridgehead atoms. The van der Waals surface area contributed by atoms with Crippen molar-refractivity contribution < 1.29 is 4.79 Å². The number of hydrogen-bond acceptors (Lipinski definition) is 4. The lowest BCUT2D eigenvalue weighted by molar-refractivity contribution is 0.108. The smallest absolute Gasteiger partial charge is 0.314 e. The van der Waals surface area contributed by atoms with Crippen molar-refractivity contribution in [3.8, 4) is 0 Å². The van der Waals surface area contributed by atoms with E-state index in [0.29, 0.717) is 11.1 Å². The largest absolute Gasteiger partial charge is 0.325 e. The van der Waals surface area contributed by atoms with Crippen molar-refractivity contribution in [1.82, 2.24) is 9.97 Å². The maximum Gasteiger partial charge on any atom is 0.325 e. The van der Waals surface area contributed by atoms with E-state index in [1.807, 2.05) is 6.07 Å². The van der Waals surface area contributed by atoms with Gasteiger partial charge in [-0.15, -0.1) is 0 Å². The first-order valence-corrected chi connectivity index (χ1v) is 6.18. The molecule has 1 aromatic heterocycles. The molecule has 1 aromatic carbocycles. The number of carbonyl (C=O) groups excluding carboxylic acids is 1. The molecule has 0 fully saturated rings. The van der Waals surface area contributed by atoms with Gasteiger partial charge in [0.25, 0.3) is 5.56 Å². The Morgan fingerprint density at radius 1 is 1.17 bits per heavy atom. The normalized spacial score (nSPS) is 10.2. The molecule has 18 heavy (non-hydrogen) atoms. The lowest BCUT2D eigenvalue weighted by Gasteiger charge is -2.00. The molecule has 5 nitrogen and oxygen atoms in total. The summed E-state index contributed by atoms with van der Waals surface area (Å²) in [7, 11) is 0. The molecular weight excluding hydrogens is 252 g/mol. The summed E-state index contributed by atoms with van der Waals surface area (Å²) in [6.07, 6.45) is 1.33. The number of carbonyl (C=O) groups is 1. The SMILES string of the molecule is O=C(SCc1c[nH]c(=O)[nH]c1=O)c1ccccc1. The molecule has 0 unspecified atom stereocenters. The van der Waals surface area contributed by atoms with Crippen LogP contribution in [0.15, 0.2) is 46.1 Å². The topological polar surface area (TPSA) is 82.8 Å². The summed E-state index contributed by atoms with van der Waals surface area (Å²) in [6.45, 7) is 0. The summed E-state index contributed by atoms with van der Waals surface area (Å²) < 4.78 is 0. The molecular formula is C12H10N2O3S. The lowest BCUT2D eigenvalue weighted by atomic mass is 10.2. The van der Waals surface area contributed by atoms with E-state index in [1.165, 1.54) is 6.20 Å². The highest BCUT2D eigenvalue weighted by Gasteiger charge is 2.08. The Kier molecular flexibility index (Phi) is 3.78. The number of thioether (sulfide) groups is 1. The fourth-order valence-electron chi connectivity index (χ4n) is 1.35. The van der Waals surface area contributed by atoms with E-state index in [2.05, 4.69) is 9.97 Å². The molecule has 0 spiro atoms. The number of nitrogens with one attached hydrogen (secondary N) is 2. The average molecular weight is 262 g/mol. The molecule has 2 N–H and O–H groups in total. The fraction of sp³-hybridized carbons (Fsp3) is 0.0833. The van der Waals surface area contributed by atoms with Crippen molar-refractivity contribution in [2.24, 2.45) is 0 Å². The van der Waals surface area contributed by atoms with Gasteiger partial charge in [-0.25, -0.2) is 4.79 Å². The van der Waals surface area contributed by atoms with Crippen LogP contribution in [0.3, 0.4) is 0 Å². The third-order valence-electron chi connectivity index (χ3n) is 2.26. The van der Waals surface area contributed by atoms with Gasteiger partial charge in [0.2, 0.25) is 5.12 Å². The van der Waals surface area contributed by atoms with Crippen molar-refractivity contribution >= 4 is 16.9 Å². The minimum Gasteiger partial charge on any atom is -0.314 e. The van der Waals surface area contributed by atoms with Gasteiger partial charge < -0.3 is 4.98 Å². The molecule has 0 radical (unpaired) electrons. The summed E-state index contributed by atoms with van der Waals surface area (Å²) in [5.74, 6) is 0.222. The zero-order chi connectivity index (χ0) is 13.0. The molecule has 0 saturated carbocycles. The van der Waals surface area contributed by atoms with E-state index in [9.17, 15) is 14.4 Å². The van der Waals surface area contributed by atoms with Crippen LogP contribution in [0, 0.1) is 0 Å². The highest BCUT2D eigenvalue weighted by molar-refractivity contribution is 8.13. The maximum atomic E-state index is 11.8. The molecule has 2 rings (SSSR count). The summed E-state index contributed by atoms with van der Waals surface area (Å²) in [4.78, 5) is 38.5. The van der Waals surface area contributed by atoms with Gasteiger partial charge in [0.05, 0.1) is 0 Å². The second-order valence-electron chi connectivity index (χ2n) is 3.54. The third-order valence-corrected chi connectivity index (χ3v) is 3.22. The average Bonchev–Trinajstić information content (AvgIpc) is 2.38. The molecule has 2 aromatic rings. The van der Waals surface area contributed by atoms with Crippen LogP contribution in [0.25, 0.3) is 0 Å². The Morgan fingerprint density at radius 2 is 1.89 bits per heavy atom. The van der Waals surface area contributed by atoms with Crippen LogP contribution in [0.5, 0.6) is 0 Å². The van der Waals surface area contributed by atoms with E-state index in [0.717, 1.165) is 11.8 Å². The molecule has 92 valence electrons. The number of H-pyrrole nitrogens is 2. The molecule has 0 aliphatic rings. The van der Waals surface area contributed by atoms with Crippen LogP contribution in [0.4, 0.5) is 0 Å². The summed E-state index contributed by atoms with van der Waals surface area (Å²) in [5.41, 5.74) is -0.0671. The molecule has 6 heteroatoms. The minimum atomic E-state index is -0.553. The van der Waals surface area contributed by atoms with E-state index in [1.54, 1.807) is 24.3 Å². The van der Waals surface area contributed by atoms with Gasteiger partial charge in [0.1, 0.15) is 0 Å². The predicted molar refractivity (Wildman–Crippen MR) is 69.8 cm³/mol. The molecule has 1 heterocycles. The Morgan fingerprint density at radius 3 is 2.56 bits per heavy atom. The van der Waals surface area contributed by atoms with Crippen LogP contribution in [0.1, 0.15) is 15.9 Å². The van der Waals surface area contributed by atoms with Gasteiger partial charge >= 0.3 is 5.69 Å². The Labute approximate surface area is 106 Å². The van der Waals surface area contributed by atoms with Gasteiger partial charge in [0.15, 0.2) is 0 Å². The van der Waals surface area contributed by atoms with Crippen molar-refractivity contribution in [2.45, 2.75) is 5.75 Å². The van der Waals surface area contributed by atoms with E-state index in [4.69, 9.17) is 0 Å². The van der Waals surface area contributed by atoms with Gasteiger partial charge in [-0.3, -0.25) is 14.6 Å². The highest BCUT2D eigenvalue weighted by Crippen LogP contribution is 2.15. The van der Waals surface area contributed by atoms with Crippen LogP contribution < -0.4 is 11.2 Å². The van der Waals surface area contributed by atoms with Crippen LogP contribution in [0.2, 0.25) is 0 Å². The monoisotopic (exact) mass is 262 g/mol.